The second kappa shape index (κ2) is 8.32. The number of amides is 1. The summed E-state index contributed by atoms with van der Waals surface area (Å²) < 4.78 is 7.69. The van der Waals surface area contributed by atoms with E-state index in [9.17, 15) is 9.90 Å². The van der Waals surface area contributed by atoms with Crippen molar-refractivity contribution >= 4 is 11.6 Å². The number of aromatic nitrogens is 2. The number of carbonyl (C=O) groups excluding carboxylic acids is 1. The van der Waals surface area contributed by atoms with Gasteiger partial charge in [-0.1, -0.05) is 6.42 Å². The molecule has 7 nitrogen and oxygen atoms in total. The van der Waals surface area contributed by atoms with Crippen LogP contribution in [0.15, 0.2) is 36.7 Å². The van der Waals surface area contributed by atoms with Gasteiger partial charge in [-0.2, -0.15) is 5.10 Å². The maximum absolute atomic E-state index is 12.8. The van der Waals surface area contributed by atoms with E-state index in [1.165, 1.54) is 0 Å². The Labute approximate surface area is 165 Å². The third kappa shape index (κ3) is 4.20. The summed E-state index contributed by atoms with van der Waals surface area (Å²) in [6.45, 7) is 1.44. The summed E-state index contributed by atoms with van der Waals surface area (Å²) in [6, 6.07) is 7.40. The van der Waals surface area contributed by atoms with Gasteiger partial charge in [0.15, 0.2) is 0 Å². The van der Waals surface area contributed by atoms with Crippen LogP contribution in [0.2, 0.25) is 0 Å². The van der Waals surface area contributed by atoms with E-state index < -0.39 is 6.10 Å². The molecule has 2 fully saturated rings. The number of hydrogen-bond donors (Lipinski definition) is 3. The van der Waals surface area contributed by atoms with Crippen LogP contribution in [-0.2, 0) is 11.8 Å². The number of aliphatic hydroxyl groups is 1. The fourth-order valence-corrected chi connectivity index (χ4v) is 4.18. The Morgan fingerprint density at radius 1 is 1.25 bits per heavy atom. The Bertz CT molecular complexity index is 804. The van der Waals surface area contributed by atoms with Gasteiger partial charge >= 0.3 is 0 Å². The first kappa shape index (κ1) is 19.0. The molecule has 2 aliphatic rings. The fraction of sp³-hybridized carbons (Fsp3) is 0.524. The molecule has 1 aliphatic heterocycles. The van der Waals surface area contributed by atoms with Crippen molar-refractivity contribution in [2.24, 2.45) is 13.0 Å². The third-order valence-electron chi connectivity index (χ3n) is 5.78. The largest absolute Gasteiger partial charge is 0.488 e. The van der Waals surface area contributed by atoms with Gasteiger partial charge in [0.05, 0.1) is 18.2 Å². The van der Waals surface area contributed by atoms with E-state index >= 15 is 0 Å². The maximum atomic E-state index is 12.8. The Kier molecular flexibility index (Phi) is 5.64. The molecule has 7 heteroatoms. The van der Waals surface area contributed by atoms with Crippen LogP contribution in [0.4, 0.5) is 5.69 Å². The zero-order valence-electron chi connectivity index (χ0n) is 16.2. The zero-order valence-corrected chi connectivity index (χ0v) is 16.2. The number of nitrogens with zero attached hydrogens (tertiary/aromatic N) is 2. The molecule has 2 unspecified atom stereocenters. The normalized spacial score (nSPS) is 27.5. The summed E-state index contributed by atoms with van der Waals surface area (Å²) >= 11 is 0. The Morgan fingerprint density at radius 2 is 2.04 bits per heavy atom. The Balaban J connectivity index is 1.36. The molecule has 1 saturated heterocycles. The number of nitrogens with one attached hydrogen (secondary N) is 2. The molecule has 2 heterocycles. The minimum atomic E-state index is -0.396. The lowest BCUT2D eigenvalue weighted by Gasteiger charge is -2.28. The van der Waals surface area contributed by atoms with Crippen LogP contribution >= 0.6 is 0 Å². The van der Waals surface area contributed by atoms with Gasteiger partial charge < -0.3 is 20.5 Å². The van der Waals surface area contributed by atoms with Crippen molar-refractivity contribution in [3.05, 3.63) is 42.2 Å². The number of benzene rings is 1. The highest BCUT2D eigenvalue weighted by Gasteiger charge is 2.34. The van der Waals surface area contributed by atoms with Gasteiger partial charge in [-0.3, -0.25) is 9.48 Å². The molecule has 1 saturated carbocycles. The second-order valence-electron chi connectivity index (χ2n) is 7.84. The van der Waals surface area contributed by atoms with Crippen molar-refractivity contribution in [1.82, 2.24) is 15.1 Å². The van der Waals surface area contributed by atoms with Crippen molar-refractivity contribution in [3.63, 3.8) is 0 Å². The van der Waals surface area contributed by atoms with Crippen molar-refractivity contribution in [2.45, 2.75) is 43.8 Å². The summed E-state index contributed by atoms with van der Waals surface area (Å²) in [5.74, 6) is 0.733. The lowest BCUT2D eigenvalue weighted by Crippen LogP contribution is -2.34. The maximum Gasteiger partial charge on any atom is 0.229 e. The van der Waals surface area contributed by atoms with Gasteiger partial charge in [0.2, 0.25) is 5.91 Å². The SMILES string of the molecule is Cn1cc([C@H]2CNC[C@@H]2C(=O)Nc2ccc(OC3CCCCC3O)cc2)cn1. The van der Waals surface area contributed by atoms with E-state index in [1.807, 2.05) is 43.7 Å². The highest BCUT2D eigenvalue weighted by atomic mass is 16.5. The van der Waals surface area contributed by atoms with Crippen molar-refractivity contribution in [3.8, 4) is 5.75 Å². The number of rotatable bonds is 5. The predicted octanol–water partition coefficient (Wildman–Crippen LogP) is 2.04. The van der Waals surface area contributed by atoms with E-state index in [1.54, 1.807) is 4.68 Å². The molecule has 1 amide bonds. The van der Waals surface area contributed by atoms with E-state index in [0.29, 0.717) is 6.54 Å². The topological polar surface area (TPSA) is 88.4 Å². The molecule has 4 rings (SSSR count). The standard InChI is InChI=1S/C21H28N4O3/c1-25-13-14(10-23-25)17-11-22-12-18(17)21(27)24-15-6-8-16(9-7-15)28-20-5-3-2-4-19(20)26/h6-10,13,17-20,22,26H,2-5,11-12H2,1H3,(H,24,27)/t17-,18+,19?,20?/m1/s1. The molecule has 0 spiro atoms. The summed E-state index contributed by atoms with van der Waals surface area (Å²) in [4.78, 5) is 12.8. The van der Waals surface area contributed by atoms with Crippen LogP contribution in [-0.4, -0.2) is 46.1 Å². The third-order valence-corrected chi connectivity index (χ3v) is 5.78. The molecule has 1 aliphatic carbocycles. The van der Waals surface area contributed by atoms with E-state index in [4.69, 9.17) is 4.74 Å². The van der Waals surface area contributed by atoms with Gasteiger partial charge in [-0.25, -0.2) is 0 Å². The first-order valence-electron chi connectivity index (χ1n) is 10.0. The van der Waals surface area contributed by atoms with Crippen LogP contribution in [0.3, 0.4) is 0 Å². The summed E-state index contributed by atoms with van der Waals surface area (Å²) in [5, 5.41) is 20.6. The molecule has 0 radical (unpaired) electrons. The summed E-state index contributed by atoms with van der Waals surface area (Å²) in [5.41, 5.74) is 1.83. The van der Waals surface area contributed by atoms with Gasteiger partial charge in [0.1, 0.15) is 11.9 Å². The lowest BCUT2D eigenvalue weighted by molar-refractivity contribution is -0.119. The number of carbonyl (C=O) groups is 1. The zero-order chi connectivity index (χ0) is 19.5. The molecule has 1 aromatic carbocycles. The van der Waals surface area contributed by atoms with Gasteiger partial charge in [-0.15, -0.1) is 0 Å². The first-order chi connectivity index (χ1) is 13.6. The van der Waals surface area contributed by atoms with Gasteiger partial charge in [-0.05, 0) is 49.1 Å². The van der Waals surface area contributed by atoms with E-state index in [2.05, 4.69) is 15.7 Å². The van der Waals surface area contributed by atoms with Gasteiger partial charge in [0.25, 0.3) is 0 Å². The van der Waals surface area contributed by atoms with Crippen LogP contribution < -0.4 is 15.4 Å². The molecule has 2 aromatic rings. The number of aryl methyl sites for hydroxylation is 1. The lowest BCUT2D eigenvalue weighted by atomic mass is 9.90. The van der Waals surface area contributed by atoms with Crippen LogP contribution in [0.1, 0.15) is 37.2 Å². The summed E-state index contributed by atoms with van der Waals surface area (Å²) in [7, 11) is 1.89. The molecular weight excluding hydrogens is 356 g/mol. The average molecular weight is 384 g/mol. The number of hydrogen-bond acceptors (Lipinski definition) is 5. The van der Waals surface area contributed by atoms with Crippen LogP contribution in [0.25, 0.3) is 0 Å². The van der Waals surface area contributed by atoms with E-state index in [-0.39, 0.29) is 23.8 Å². The molecule has 4 atom stereocenters. The second-order valence-corrected chi connectivity index (χ2v) is 7.84. The average Bonchev–Trinajstić information content (AvgIpc) is 3.34. The van der Waals surface area contributed by atoms with Crippen molar-refractivity contribution in [2.75, 3.05) is 18.4 Å². The van der Waals surface area contributed by atoms with Crippen LogP contribution in [0, 0.1) is 5.92 Å². The van der Waals surface area contributed by atoms with Crippen molar-refractivity contribution in [1.29, 1.82) is 0 Å². The first-order valence-corrected chi connectivity index (χ1v) is 10.0. The molecule has 28 heavy (non-hydrogen) atoms. The monoisotopic (exact) mass is 384 g/mol. The van der Waals surface area contributed by atoms with Gasteiger partial charge in [0, 0.05) is 37.9 Å². The Morgan fingerprint density at radius 3 is 2.75 bits per heavy atom. The van der Waals surface area contributed by atoms with Crippen LogP contribution in [0.5, 0.6) is 5.75 Å². The molecule has 1 aromatic heterocycles. The highest BCUT2D eigenvalue weighted by molar-refractivity contribution is 5.93. The van der Waals surface area contributed by atoms with Crippen molar-refractivity contribution < 1.29 is 14.6 Å². The predicted molar refractivity (Wildman–Crippen MR) is 106 cm³/mol. The Hall–Kier alpha value is -2.38. The highest BCUT2D eigenvalue weighted by Crippen LogP contribution is 2.29. The molecule has 150 valence electrons. The van der Waals surface area contributed by atoms with E-state index in [0.717, 1.165) is 49.2 Å². The minimum Gasteiger partial charge on any atom is -0.488 e. The number of anilines is 1. The quantitative estimate of drug-likeness (QED) is 0.734. The smallest absolute Gasteiger partial charge is 0.229 e. The number of ether oxygens (including phenoxy) is 1. The summed E-state index contributed by atoms with van der Waals surface area (Å²) in [6.07, 6.45) is 7.10. The molecular formula is C21H28N4O3. The number of aliphatic hydroxyl groups excluding tert-OH is 1. The minimum absolute atomic E-state index is 0.00947. The fourth-order valence-electron chi connectivity index (χ4n) is 4.18. The molecule has 0 bridgehead atoms. The molecule has 3 N–H and O–H groups in total.